The van der Waals surface area contributed by atoms with Gasteiger partial charge in [-0.3, -0.25) is 0 Å². The first-order valence-electron chi connectivity index (χ1n) is 0.805. The van der Waals surface area contributed by atoms with Gasteiger partial charge in [0.25, 0.3) is 0 Å². The zero-order valence-electron chi connectivity index (χ0n) is 4.61. The molecule has 0 aliphatic heterocycles. The smallest absolute Gasteiger partial charge is 2.00 e. The van der Waals surface area contributed by atoms with Crippen molar-refractivity contribution in [3.8, 4) is 0 Å². The Balaban J connectivity index is -0.00000000990. The first-order chi connectivity index (χ1) is 2.73. The Morgan fingerprint density at radius 1 is 1.33 bits per heavy atom. The number of carbonyl (C=O) groups is 1. The van der Waals surface area contributed by atoms with Gasteiger partial charge in [-0.05, 0) is 0 Å². The van der Waals surface area contributed by atoms with Gasteiger partial charge in [0.1, 0.15) is 6.79 Å². The van der Waals surface area contributed by atoms with Crippen LogP contribution in [0, 0.1) is 0 Å². The van der Waals surface area contributed by atoms with Gasteiger partial charge in [0, 0.05) is 0 Å². The number of carbonyl (C=O) groups excluding carboxylic acids is 1. The van der Waals surface area contributed by atoms with Gasteiger partial charge in [0.05, 0.1) is 11.4 Å². The quantitative estimate of drug-likeness (QED) is 0.349. The molecule has 0 fully saturated rings. The van der Waals surface area contributed by atoms with Gasteiger partial charge in [0.2, 0.25) is 0 Å². The van der Waals surface area contributed by atoms with Gasteiger partial charge in [-0.1, -0.05) is 0 Å². The molecule has 0 aliphatic rings. The standard InChI is InChI=1S/CH2O.2Mg.H2O3S.O/c1-2;;;1-4(2)3;/h1H2;;;(H2,1,2,3);/q;2*+2;;-2/p-1. The van der Waals surface area contributed by atoms with Crippen LogP contribution < -0.4 is 0 Å². The molecule has 0 saturated carbocycles. The summed E-state index contributed by atoms with van der Waals surface area (Å²) < 4.78 is 24.1. The molecule has 0 bridgehead atoms. The third-order valence-electron chi connectivity index (χ3n) is 0. The Hall–Kier alpha value is 1.23. The third kappa shape index (κ3) is 318. The first kappa shape index (κ1) is 31.9. The van der Waals surface area contributed by atoms with E-state index in [2.05, 4.69) is 0 Å². The van der Waals surface area contributed by atoms with Crippen molar-refractivity contribution in [1.29, 1.82) is 0 Å². The van der Waals surface area contributed by atoms with Crippen LogP contribution in [-0.2, 0) is 21.6 Å². The normalized spacial score (nSPS) is 7.33. The van der Waals surface area contributed by atoms with Crippen molar-refractivity contribution in [2.75, 3.05) is 0 Å². The molecule has 1 unspecified atom stereocenters. The summed E-state index contributed by atoms with van der Waals surface area (Å²) in [5.41, 5.74) is 0. The van der Waals surface area contributed by atoms with E-state index in [4.69, 9.17) is 18.1 Å². The van der Waals surface area contributed by atoms with E-state index in [1.54, 1.807) is 0 Å². The van der Waals surface area contributed by atoms with Crippen molar-refractivity contribution < 1.29 is 23.6 Å². The summed E-state index contributed by atoms with van der Waals surface area (Å²) in [6, 6.07) is 0. The van der Waals surface area contributed by atoms with Gasteiger partial charge >= 0.3 is 46.1 Å². The molecule has 5 nitrogen and oxygen atoms in total. The molecule has 0 aromatic heterocycles. The maximum absolute atomic E-state index is 8.56. The summed E-state index contributed by atoms with van der Waals surface area (Å²) in [7, 11) is 0. The van der Waals surface area contributed by atoms with Crippen molar-refractivity contribution in [3.05, 3.63) is 0 Å². The molecule has 0 aromatic carbocycles. The molecular weight excluding hydrogens is 173 g/mol. The van der Waals surface area contributed by atoms with Crippen LogP contribution in [0.5, 0.6) is 0 Å². The summed E-state index contributed by atoms with van der Waals surface area (Å²) in [6.45, 7) is 2.00. The fraction of sp³-hybridized carbons (Fsp3) is 0. The zero-order chi connectivity index (χ0) is 5.58. The van der Waals surface area contributed by atoms with Gasteiger partial charge in [0.15, 0.2) is 0 Å². The van der Waals surface area contributed by atoms with E-state index in [9.17, 15) is 0 Å². The molecule has 0 amide bonds. The third-order valence-corrected chi connectivity index (χ3v) is 0. The van der Waals surface area contributed by atoms with E-state index >= 15 is 0 Å². The van der Waals surface area contributed by atoms with Crippen molar-refractivity contribution in [2.45, 2.75) is 0 Å². The topological polar surface area (TPSA) is 106 Å². The molecule has 0 radical (unpaired) electrons. The van der Waals surface area contributed by atoms with E-state index in [1.807, 2.05) is 6.79 Å². The van der Waals surface area contributed by atoms with Gasteiger partial charge in [-0.25, -0.2) is 4.21 Å². The fourth-order valence-corrected chi connectivity index (χ4v) is 0. The second kappa shape index (κ2) is 34.9. The van der Waals surface area contributed by atoms with Crippen molar-refractivity contribution in [2.24, 2.45) is 0 Å². The summed E-state index contributed by atoms with van der Waals surface area (Å²) in [5.74, 6) is 0. The van der Waals surface area contributed by atoms with Crippen molar-refractivity contribution in [1.82, 2.24) is 0 Å². The van der Waals surface area contributed by atoms with E-state index in [0.29, 0.717) is 0 Å². The van der Waals surface area contributed by atoms with Crippen molar-refractivity contribution >= 4 is 64.3 Å². The van der Waals surface area contributed by atoms with Crippen LogP contribution in [0.25, 0.3) is 0 Å². The second-order valence-corrected chi connectivity index (χ2v) is 0.651. The molecule has 9 heavy (non-hydrogen) atoms. The number of rotatable bonds is 0. The molecular formula is CH3Mg2O5S+. The molecule has 0 spiro atoms. The molecule has 46 valence electrons. The minimum absolute atomic E-state index is 0. The Bertz CT molecular complexity index is 46.2. The van der Waals surface area contributed by atoms with Gasteiger partial charge in [-0.15, -0.1) is 0 Å². The predicted octanol–water partition coefficient (Wildman–Crippen LogP) is -1.73. The number of hydrogen-bond donors (Lipinski definition) is 1. The number of hydrogen-bond acceptors (Lipinski definition) is 3. The molecule has 1 atom stereocenters. The van der Waals surface area contributed by atoms with Crippen LogP contribution in [0.1, 0.15) is 0 Å². The van der Waals surface area contributed by atoms with Crippen LogP contribution in [0.2, 0.25) is 0 Å². The van der Waals surface area contributed by atoms with Crippen LogP contribution in [0.3, 0.4) is 0 Å². The monoisotopic (exact) mass is 175 g/mol. The second-order valence-electron chi connectivity index (χ2n) is 0.217. The molecule has 0 saturated heterocycles. The Morgan fingerprint density at radius 3 is 1.33 bits per heavy atom. The SMILES string of the molecule is C=O.O=S([O-])O.[Mg+2].[Mg+2].[O-2]. The molecule has 0 aromatic rings. The van der Waals surface area contributed by atoms with Crippen LogP contribution >= 0.6 is 0 Å². The average molecular weight is 176 g/mol. The molecule has 0 rings (SSSR count). The summed E-state index contributed by atoms with van der Waals surface area (Å²) >= 11 is -2.86. The largest absolute Gasteiger partial charge is 2.00 e. The summed E-state index contributed by atoms with van der Waals surface area (Å²) in [6.07, 6.45) is 0. The summed E-state index contributed by atoms with van der Waals surface area (Å²) in [4.78, 5) is 8.00. The van der Waals surface area contributed by atoms with E-state index in [-0.39, 0.29) is 51.6 Å². The minimum atomic E-state index is -2.86. The van der Waals surface area contributed by atoms with Crippen LogP contribution in [0.4, 0.5) is 0 Å². The zero-order valence-corrected chi connectivity index (χ0v) is 8.25. The van der Waals surface area contributed by atoms with E-state index in [0.717, 1.165) is 0 Å². The summed E-state index contributed by atoms with van der Waals surface area (Å²) in [5, 5.41) is 0. The van der Waals surface area contributed by atoms with Gasteiger partial charge < -0.3 is 19.4 Å². The maximum Gasteiger partial charge on any atom is 2.00 e. The Kier molecular flexibility index (Phi) is 124. The fourth-order valence-electron chi connectivity index (χ4n) is 0. The Morgan fingerprint density at radius 2 is 1.33 bits per heavy atom. The molecule has 1 N–H and O–H groups in total. The van der Waals surface area contributed by atoms with Crippen LogP contribution in [0.15, 0.2) is 0 Å². The van der Waals surface area contributed by atoms with Gasteiger partial charge in [-0.2, -0.15) is 0 Å². The Labute approximate surface area is 87.3 Å². The minimum Gasteiger partial charge on any atom is -2.00 e. The van der Waals surface area contributed by atoms with Crippen molar-refractivity contribution in [3.63, 3.8) is 0 Å². The first-order valence-corrected chi connectivity index (χ1v) is 1.84. The molecule has 8 heteroatoms. The molecule has 0 heterocycles. The van der Waals surface area contributed by atoms with E-state index in [1.165, 1.54) is 0 Å². The van der Waals surface area contributed by atoms with E-state index < -0.39 is 11.4 Å². The maximum atomic E-state index is 8.56. The predicted molar refractivity (Wildman–Crippen MR) is 30.9 cm³/mol. The molecule has 0 aliphatic carbocycles. The van der Waals surface area contributed by atoms with Crippen LogP contribution in [-0.4, -0.2) is 66.2 Å². The average Bonchev–Trinajstić information content (AvgIpc) is 1.41.